The Balaban J connectivity index is 1.95. The van der Waals surface area contributed by atoms with Crippen LogP contribution in [-0.2, 0) is 11.2 Å². The molecule has 25 heavy (non-hydrogen) atoms. The van der Waals surface area contributed by atoms with E-state index in [1.54, 1.807) is 44.4 Å². The van der Waals surface area contributed by atoms with Crippen molar-refractivity contribution in [3.05, 3.63) is 65.5 Å². The fourth-order valence-electron chi connectivity index (χ4n) is 2.16. The first-order chi connectivity index (χ1) is 12.0. The van der Waals surface area contributed by atoms with Crippen LogP contribution >= 0.6 is 11.8 Å². The molecule has 6 heteroatoms. The van der Waals surface area contributed by atoms with Crippen molar-refractivity contribution in [2.24, 2.45) is 0 Å². The lowest BCUT2D eigenvalue weighted by Gasteiger charge is -2.12. The summed E-state index contributed by atoms with van der Waals surface area (Å²) in [7, 11) is 3.40. The molecule has 2 aromatic carbocycles. The van der Waals surface area contributed by atoms with Crippen molar-refractivity contribution in [3.63, 3.8) is 0 Å². The Morgan fingerprint density at radius 2 is 1.76 bits per heavy atom. The molecule has 0 saturated carbocycles. The number of rotatable bonds is 7. The van der Waals surface area contributed by atoms with E-state index in [0.717, 1.165) is 4.90 Å². The summed E-state index contributed by atoms with van der Waals surface area (Å²) in [5.41, 5.74) is 1.09. The molecule has 2 rings (SSSR count). The van der Waals surface area contributed by atoms with Gasteiger partial charge in [0.2, 0.25) is 5.91 Å². The Morgan fingerprint density at radius 3 is 2.48 bits per heavy atom. The van der Waals surface area contributed by atoms with Crippen LogP contribution in [0.4, 0.5) is 4.39 Å². The minimum absolute atomic E-state index is 0.0141. The summed E-state index contributed by atoms with van der Waals surface area (Å²) in [6.07, 6.45) is 0.423. The molecule has 0 unspecified atom stereocenters. The van der Waals surface area contributed by atoms with Crippen molar-refractivity contribution < 1.29 is 14.0 Å². The van der Waals surface area contributed by atoms with Crippen LogP contribution in [0.2, 0.25) is 0 Å². The maximum absolute atomic E-state index is 13.6. The third-order valence-corrected chi connectivity index (χ3v) is 4.68. The number of hydrogen-bond acceptors (Lipinski definition) is 3. The quantitative estimate of drug-likeness (QED) is 0.773. The summed E-state index contributed by atoms with van der Waals surface area (Å²) in [6, 6.07) is 13.7. The second kappa shape index (κ2) is 9.22. The second-order valence-electron chi connectivity index (χ2n) is 5.67. The zero-order valence-electron chi connectivity index (χ0n) is 14.3. The summed E-state index contributed by atoms with van der Waals surface area (Å²) in [5.74, 6) is -0.238. The van der Waals surface area contributed by atoms with E-state index in [2.05, 4.69) is 5.32 Å². The van der Waals surface area contributed by atoms with Gasteiger partial charge in [-0.3, -0.25) is 9.59 Å². The fraction of sp³-hybridized carbons (Fsp3) is 0.263. The largest absolute Gasteiger partial charge is 0.352 e. The van der Waals surface area contributed by atoms with Gasteiger partial charge < -0.3 is 10.2 Å². The van der Waals surface area contributed by atoms with Crippen LogP contribution in [0.3, 0.4) is 0 Å². The van der Waals surface area contributed by atoms with E-state index in [9.17, 15) is 14.0 Å². The third kappa shape index (κ3) is 5.60. The van der Waals surface area contributed by atoms with Crippen molar-refractivity contribution in [1.29, 1.82) is 0 Å². The highest BCUT2D eigenvalue weighted by atomic mass is 32.2. The monoisotopic (exact) mass is 360 g/mol. The third-order valence-electron chi connectivity index (χ3n) is 3.62. The van der Waals surface area contributed by atoms with Crippen molar-refractivity contribution in [1.82, 2.24) is 10.2 Å². The van der Waals surface area contributed by atoms with E-state index >= 15 is 0 Å². The number of hydrogen-bond donors (Lipinski definition) is 1. The van der Waals surface area contributed by atoms with E-state index in [1.807, 2.05) is 12.1 Å². The number of nitrogens with one attached hydrogen (secondary N) is 1. The summed E-state index contributed by atoms with van der Waals surface area (Å²) >= 11 is 1.33. The highest BCUT2D eigenvalue weighted by Gasteiger charge is 2.13. The number of thioether (sulfide) groups is 1. The summed E-state index contributed by atoms with van der Waals surface area (Å²) < 4.78 is 13.6. The zero-order valence-corrected chi connectivity index (χ0v) is 15.1. The normalized spacial score (nSPS) is 10.4. The predicted octanol–water partition coefficient (Wildman–Crippen LogP) is 2.98. The fourth-order valence-corrected chi connectivity index (χ4v) is 3.18. The number of nitrogens with zero attached hydrogens (tertiary/aromatic N) is 1. The van der Waals surface area contributed by atoms with Crippen molar-refractivity contribution in [2.75, 3.05) is 26.4 Å². The first-order valence-corrected chi connectivity index (χ1v) is 8.91. The van der Waals surface area contributed by atoms with Gasteiger partial charge in [0.1, 0.15) is 5.82 Å². The van der Waals surface area contributed by atoms with Gasteiger partial charge in [-0.2, -0.15) is 0 Å². The Morgan fingerprint density at radius 1 is 1.08 bits per heavy atom. The van der Waals surface area contributed by atoms with E-state index in [-0.39, 0.29) is 23.4 Å². The van der Waals surface area contributed by atoms with Crippen LogP contribution in [0.1, 0.15) is 15.9 Å². The van der Waals surface area contributed by atoms with E-state index in [0.29, 0.717) is 24.1 Å². The first kappa shape index (κ1) is 19.0. The van der Waals surface area contributed by atoms with E-state index in [4.69, 9.17) is 0 Å². The van der Waals surface area contributed by atoms with Gasteiger partial charge in [0, 0.05) is 25.5 Å². The standard InChI is InChI=1S/C19H21FN2O2S/c1-22(2)18(23)13-25-17-10-6-4-8-15(17)19(24)21-12-11-14-7-3-5-9-16(14)20/h3-10H,11-13H2,1-2H3,(H,21,24). The number of carbonyl (C=O) groups excluding carboxylic acids is 2. The minimum atomic E-state index is -0.269. The summed E-state index contributed by atoms with van der Waals surface area (Å²) in [4.78, 5) is 26.4. The predicted molar refractivity (Wildman–Crippen MR) is 98.3 cm³/mol. The maximum Gasteiger partial charge on any atom is 0.252 e. The van der Waals surface area contributed by atoms with Crippen LogP contribution in [0.15, 0.2) is 53.4 Å². The highest BCUT2D eigenvalue weighted by Crippen LogP contribution is 2.22. The van der Waals surface area contributed by atoms with E-state index in [1.165, 1.54) is 22.7 Å². The minimum Gasteiger partial charge on any atom is -0.352 e. The number of halogens is 1. The van der Waals surface area contributed by atoms with Crippen molar-refractivity contribution in [3.8, 4) is 0 Å². The molecule has 0 spiro atoms. The average Bonchev–Trinajstić information content (AvgIpc) is 2.61. The average molecular weight is 360 g/mol. The van der Waals surface area contributed by atoms with Crippen LogP contribution in [0, 0.1) is 5.82 Å². The molecule has 0 aliphatic heterocycles. The summed E-state index contributed by atoms with van der Waals surface area (Å²) in [5, 5.41) is 2.81. The molecule has 0 atom stereocenters. The maximum atomic E-state index is 13.6. The van der Waals surface area contributed by atoms with Crippen molar-refractivity contribution in [2.45, 2.75) is 11.3 Å². The van der Waals surface area contributed by atoms with Gasteiger partial charge >= 0.3 is 0 Å². The second-order valence-corrected chi connectivity index (χ2v) is 6.69. The molecule has 2 amide bonds. The smallest absolute Gasteiger partial charge is 0.252 e. The number of benzene rings is 2. The SMILES string of the molecule is CN(C)C(=O)CSc1ccccc1C(=O)NCCc1ccccc1F. The molecule has 1 N–H and O–H groups in total. The molecule has 0 bridgehead atoms. The molecular weight excluding hydrogens is 339 g/mol. The number of carbonyl (C=O) groups is 2. The number of amides is 2. The Labute approximate surface area is 151 Å². The molecule has 0 saturated heterocycles. The molecule has 0 heterocycles. The lowest BCUT2D eigenvalue weighted by Crippen LogP contribution is -2.27. The van der Waals surface area contributed by atoms with E-state index < -0.39 is 0 Å². The zero-order chi connectivity index (χ0) is 18.2. The molecule has 0 aliphatic carbocycles. The molecule has 0 fully saturated rings. The van der Waals surface area contributed by atoms with Gasteiger partial charge in [-0.05, 0) is 30.2 Å². The first-order valence-electron chi connectivity index (χ1n) is 7.92. The topological polar surface area (TPSA) is 49.4 Å². The molecule has 0 aromatic heterocycles. The molecular formula is C19H21FN2O2S. The molecule has 0 radical (unpaired) electrons. The lowest BCUT2D eigenvalue weighted by atomic mass is 10.1. The van der Waals surface area contributed by atoms with Gasteiger partial charge in [0.05, 0.1) is 11.3 Å². The Bertz CT molecular complexity index is 750. The van der Waals surface area contributed by atoms with Gasteiger partial charge in [-0.15, -0.1) is 11.8 Å². The van der Waals surface area contributed by atoms with Crippen LogP contribution in [-0.4, -0.2) is 43.1 Å². The molecule has 2 aromatic rings. The Hall–Kier alpha value is -2.34. The van der Waals surface area contributed by atoms with Gasteiger partial charge in [-0.1, -0.05) is 30.3 Å². The lowest BCUT2D eigenvalue weighted by molar-refractivity contribution is -0.125. The highest BCUT2D eigenvalue weighted by molar-refractivity contribution is 8.00. The van der Waals surface area contributed by atoms with Crippen LogP contribution in [0.25, 0.3) is 0 Å². The molecule has 132 valence electrons. The van der Waals surface area contributed by atoms with Gasteiger partial charge in [0.25, 0.3) is 5.91 Å². The van der Waals surface area contributed by atoms with Gasteiger partial charge in [0.15, 0.2) is 0 Å². The van der Waals surface area contributed by atoms with Crippen LogP contribution < -0.4 is 5.32 Å². The van der Waals surface area contributed by atoms with Crippen LogP contribution in [0.5, 0.6) is 0 Å². The molecule has 0 aliphatic rings. The van der Waals surface area contributed by atoms with Gasteiger partial charge in [-0.25, -0.2) is 4.39 Å². The molecule has 4 nitrogen and oxygen atoms in total. The van der Waals surface area contributed by atoms with Crippen molar-refractivity contribution >= 4 is 23.6 Å². The summed E-state index contributed by atoms with van der Waals surface area (Å²) in [6.45, 7) is 0.343. The Kier molecular flexibility index (Phi) is 7.01.